The molecule has 3 N–H and O–H groups in total. The van der Waals surface area contributed by atoms with Gasteiger partial charge in [-0.1, -0.05) is 199 Å². The second-order valence-corrected chi connectivity index (χ2v) is 17.9. The number of allylic oxidation sites excluding steroid dienone is 4. The van der Waals surface area contributed by atoms with Crippen molar-refractivity contribution in [2.24, 2.45) is 0 Å². The minimum atomic E-state index is -4.62. The zero-order chi connectivity index (χ0) is 43.3. The zero-order valence-corrected chi connectivity index (χ0v) is 38.9. The second kappa shape index (κ2) is 44.5. The summed E-state index contributed by atoms with van der Waals surface area (Å²) < 4.78 is 32.8. The van der Waals surface area contributed by atoms with Crippen molar-refractivity contribution in [3.8, 4) is 0 Å². The standard InChI is InChI=1S/C48H91O10P/c1-3-5-7-9-11-13-15-17-19-21-22-24-26-28-30-32-34-36-38-40-48(52)58-46(44-57-59(53,54)56-42-45(50)41-49)43-55-47(51)39-37-35-33-31-29-27-25-23-20-18-16-14-12-10-8-6-4-2/h12,14,18,20,45-46,49-50H,3-11,13,15-17,19,21-44H2,1-2H3,(H,53,54)/b14-12+,20-18+/t45-,46+/m0/s1. The minimum absolute atomic E-state index is 0.187. The van der Waals surface area contributed by atoms with Crippen LogP contribution in [0.1, 0.15) is 232 Å². The molecule has 3 atom stereocenters. The number of hydrogen-bond donors (Lipinski definition) is 3. The van der Waals surface area contributed by atoms with E-state index in [9.17, 15) is 24.2 Å². The Morgan fingerprint density at radius 3 is 1.34 bits per heavy atom. The van der Waals surface area contributed by atoms with Gasteiger partial charge >= 0.3 is 19.8 Å². The van der Waals surface area contributed by atoms with E-state index < -0.39 is 51.8 Å². The maximum atomic E-state index is 12.7. The molecule has 11 heteroatoms. The number of carbonyl (C=O) groups excluding carboxylic acids is 2. The first-order valence-corrected chi connectivity index (χ1v) is 25.8. The molecule has 0 aromatic carbocycles. The quantitative estimate of drug-likeness (QED) is 0.0234. The van der Waals surface area contributed by atoms with Crippen LogP contribution in [0.5, 0.6) is 0 Å². The molecule has 0 aliphatic rings. The normalized spacial score (nSPS) is 13.9. The summed E-state index contributed by atoms with van der Waals surface area (Å²) in [6, 6.07) is 0. The molecule has 0 saturated carbocycles. The monoisotopic (exact) mass is 859 g/mol. The summed E-state index contributed by atoms with van der Waals surface area (Å²) in [7, 11) is -4.62. The van der Waals surface area contributed by atoms with Crippen LogP contribution in [0.2, 0.25) is 0 Å². The lowest BCUT2D eigenvalue weighted by Crippen LogP contribution is -2.29. The molecular formula is C48H91O10P. The molecule has 10 nitrogen and oxygen atoms in total. The molecule has 0 fully saturated rings. The molecule has 0 spiro atoms. The van der Waals surface area contributed by atoms with Gasteiger partial charge in [0.25, 0.3) is 0 Å². The van der Waals surface area contributed by atoms with Crippen molar-refractivity contribution in [1.29, 1.82) is 0 Å². The third-order valence-corrected chi connectivity index (χ3v) is 11.6. The summed E-state index contributed by atoms with van der Waals surface area (Å²) in [5.74, 6) is -0.922. The molecule has 0 aromatic heterocycles. The van der Waals surface area contributed by atoms with Crippen LogP contribution in [-0.2, 0) is 32.7 Å². The van der Waals surface area contributed by atoms with E-state index in [0.717, 1.165) is 51.4 Å². The molecule has 1 unspecified atom stereocenters. The highest BCUT2D eigenvalue weighted by Gasteiger charge is 2.27. The lowest BCUT2D eigenvalue weighted by Gasteiger charge is -2.20. The van der Waals surface area contributed by atoms with E-state index in [1.165, 1.54) is 141 Å². The lowest BCUT2D eigenvalue weighted by molar-refractivity contribution is -0.161. The first-order chi connectivity index (χ1) is 28.7. The number of ether oxygens (including phenoxy) is 2. The Morgan fingerprint density at radius 2 is 0.881 bits per heavy atom. The smallest absolute Gasteiger partial charge is 0.462 e. The van der Waals surface area contributed by atoms with Gasteiger partial charge in [0.1, 0.15) is 12.7 Å². The molecule has 0 aliphatic carbocycles. The molecule has 0 aromatic rings. The van der Waals surface area contributed by atoms with Crippen molar-refractivity contribution >= 4 is 19.8 Å². The molecule has 59 heavy (non-hydrogen) atoms. The van der Waals surface area contributed by atoms with E-state index in [4.69, 9.17) is 23.6 Å². The van der Waals surface area contributed by atoms with E-state index >= 15 is 0 Å². The van der Waals surface area contributed by atoms with Crippen LogP contribution in [0.3, 0.4) is 0 Å². The van der Waals surface area contributed by atoms with Crippen molar-refractivity contribution in [3.05, 3.63) is 24.3 Å². The summed E-state index contributed by atoms with van der Waals surface area (Å²) in [5.41, 5.74) is 0. The number of unbranched alkanes of at least 4 members (excludes halogenated alkanes) is 28. The lowest BCUT2D eigenvalue weighted by atomic mass is 10.0. The van der Waals surface area contributed by atoms with E-state index in [-0.39, 0.29) is 19.4 Å². The van der Waals surface area contributed by atoms with Gasteiger partial charge in [0.15, 0.2) is 6.10 Å². The van der Waals surface area contributed by atoms with Gasteiger partial charge in [0.2, 0.25) is 0 Å². The molecule has 0 saturated heterocycles. The van der Waals surface area contributed by atoms with Crippen LogP contribution < -0.4 is 0 Å². The highest BCUT2D eigenvalue weighted by atomic mass is 31.2. The Bertz CT molecular complexity index is 1040. The van der Waals surface area contributed by atoms with E-state index in [0.29, 0.717) is 12.8 Å². The number of hydrogen-bond acceptors (Lipinski definition) is 9. The van der Waals surface area contributed by atoms with Crippen LogP contribution in [0.25, 0.3) is 0 Å². The first kappa shape index (κ1) is 57.4. The van der Waals surface area contributed by atoms with Gasteiger partial charge < -0.3 is 24.6 Å². The maximum absolute atomic E-state index is 12.7. The van der Waals surface area contributed by atoms with Gasteiger partial charge in [-0.3, -0.25) is 18.6 Å². The molecule has 0 bridgehead atoms. The summed E-state index contributed by atoms with van der Waals surface area (Å²) >= 11 is 0. The van der Waals surface area contributed by atoms with Crippen molar-refractivity contribution in [3.63, 3.8) is 0 Å². The Labute approximate surface area is 361 Å². The van der Waals surface area contributed by atoms with E-state index in [2.05, 4.69) is 38.2 Å². The van der Waals surface area contributed by atoms with Crippen LogP contribution in [-0.4, -0.2) is 65.7 Å². The van der Waals surface area contributed by atoms with Gasteiger partial charge in [0, 0.05) is 12.8 Å². The van der Waals surface area contributed by atoms with Crippen LogP contribution in [0, 0.1) is 0 Å². The maximum Gasteiger partial charge on any atom is 0.472 e. The Morgan fingerprint density at radius 1 is 0.508 bits per heavy atom. The third kappa shape index (κ3) is 44.3. The van der Waals surface area contributed by atoms with Crippen molar-refractivity contribution < 1.29 is 47.8 Å². The number of esters is 2. The van der Waals surface area contributed by atoms with Crippen LogP contribution in [0.4, 0.5) is 0 Å². The third-order valence-electron chi connectivity index (χ3n) is 10.6. The van der Waals surface area contributed by atoms with Crippen LogP contribution in [0.15, 0.2) is 24.3 Å². The van der Waals surface area contributed by atoms with Crippen LogP contribution >= 0.6 is 7.82 Å². The SMILES string of the molecule is CCCCC/C=C/C/C=C/CCCCCCCCCC(=O)OC[C@H](COP(=O)(O)OC[C@@H](O)CO)OC(=O)CCCCCCCCCCCCCCCCCCCCC. The largest absolute Gasteiger partial charge is 0.472 e. The molecule has 0 radical (unpaired) electrons. The topological polar surface area (TPSA) is 149 Å². The van der Waals surface area contributed by atoms with Gasteiger partial charge in [-0.25, -0.2) is 4.57 Å². The number of phosphoric ester groups is 1. The fraction of sp³-hybridized carbons (Fsp3) is 0.875. The summed E-state index contributed by atoms with van der Waals surface area (Å²) in [5, 5.41) is 18.4. The number of aliphatic hydroxyl groups is 2. The predicted octanol–water partition coefficient (Wildman–Crippen LogP) is 13.3. The molecule has 0 amide bonds. The Hall–Kier alpha value is -1.55. The highest BCUT2D eigenvalue weighted by Crippen LogP contribution is 2.43. The number of aliphatic hydroxyl groups excluding tert-OH is 2. The average Bonchev–Trinajstić information content (AvgIpc) is 3.22. The zero-order valence-electron chi connectivity index (χ0n) is 38.0. The van der Waals surface area contributed by atoms with Gasteiger partial charge in [-0.15, -0.1) is 0 Å². The number of carbonyl (C=O) groups is 2. The van der Waals surface area contributed by atoms with Crippen molar-refractivity contribution in [2.45, 2.75) is 244 Å². The summed E-state index contributed by atoms with van der Waals surface area (Å²) in [4.78, 5) is 35.1. The van der Waals surface area contributed by atoms with Gasteiger partial charge in [0.05, 0.1) is 19.8 Å². The first-order valence-electron chi connectivity index (χ1n) is 24.3. The summed E-state index contributed by atoms with van der Waals surface area (Å²) in [6.07, 6.45) is 45.7. The molecule has 0 rings (SSSR count). The van der Waals surface area contributed by atoms with E-state index in [1.807, 2.05) is 0 Å². The fourth-order valence-electron chi connectivity index (χ4n) is 6.85. The predicted molar refractivity (Wildman–Crippen MR) is 242 cm³/mol. The molecular weight excluding hydrogens is 767 g/mol. The molecule has 348 valence electrons. The summed E-state index contributed by atoms with van der Waals surface area (Å²) in [6.45, 7) is 2.39. The number of rotatable bonds is 46. The van der Waals surface area contributed by atoms with Crippen molar-refractivity contribution in [1.82, 2.24) is 0 Å². The minimum Gasteiger partial charge on any atom is -0.462 e. The molecule has 0 aliphatic heterocycles. The second-order valence-electron chi connectivity index (χ2n) is 16.5. The van der Waals surface area contributed by atoms with Crippen molar-refractivity contribution in [2.75, 3.05) is 26.4 Å². The highest BCUT2D eigenvalue weighted by molar-refractivity contribution is 7.47. The van der Waals surface area contributed by atoms with E-state index in [1.54, 1.807) is 0 Å². The van der Waals surface area contributed by atoms with Gasteiger partial charge in [-0.2, -0.15) is 0 Å². The average molecular weight is 859 g/mol. The molecule has 0 heterocycles. The Balaban J connectivity index is 4.20. The number of phosphoric acid groups is 1. The van der Waals surface area contributed by atoms with Gasteiger partial charge in [-0.05, 0) is 44.9 Å². The fourth-order valence-corrected chi connectivity index (χ4v) is 7.64. The Kier molecular flexibility index (Phi) is 43.3.